The second-order valence-corrected chi connectivity index (χ2v) is 6.81. The Morgan fingerprint density at radius 3 is 2.67 bits per heavy atom. The summed E-state index contributed by atoms with van der Waals surface area (Å²) in [7, 11) is 0. The smallest absolute Gasteiger partial charge is 0.200 e. The molecule has 2 atom stereocenters. The number of nitrogens with one attached hydrogen (secondary N) is 2. The van der Waals surface area contributed by atoms with Gasteiger partial charge in [0.15, 0.2) is 6.30 Å². The van der Waals surface area contributed by atoms with Gasteiger partial charge in [0.05, 0.1) is 17.4 Å². The van der Waals surface area contributed by atoms with Crippen LogP contribution < -0.4 is 10.6 Å². The van der Waals surface area contributed by atoms with Gasteiger partial charge in [0.1, 0.15) is 11.4 Å². The summed E-state index contributed by atoms with van der Waals surface area (Å²) in [6, 6.07) is 11.4. The van der Waals surface area contributed by atoms with Crippen molar-refractivity contribution in [3.63, 3.8) is 0 Å². The number of alkyl halides is 1. The van der Waals surface area contributed by atoms with Gasteiger partial charge in [-0.1, -0.05) is 13.0 Å². The summed E-state index contributed by atoms with van der Waals surface area (Å²) >= 11 is 0. The molecule has 0 amide bonds. The largest absolute Gasteiger partial charge is 0.384 e. The molecule has 0 aliphatic heterocycles. The Kier molecular flexibility index (Phi) is 5.72. The van der Waals surface area contributed by atoms with Gasteiger partial charge in [-0.05, 0) is 56.3 Å². The maximum Gasteiger partial charge on any atom is 0.200 e. The summed E-state index contributed by atoms with van der Waals surface area (Å²) in [5, 5.41) is 21.2. The van der Waals surface area contributed by atoms with Crippen molar-refractivity contribution in [1.29, 1.82) is 0 Å². The average Bonchev–Trinajstić information content (AvgIpc) is 3.07. The van der Waals surface area contributed by atoms with Crippen LogP contribution in [0.3, 0.4) is 0 Å². The SMILES string of the molecule is CCCNCC(C)(O)C(F)Nc1cccc2c1cnn2-c1ccc(F)cc1. The number of nitrogens with zero attached hydrogens (tertiary/aromatic N) is 2. The molecule has 1 heterocycles. The zero-order valence-electron chi connectivity index (χ0n) is 15.4. The van der Waals surface area contributed by atoms with E-state index in [9.17, 15) is 13.9 Å². The minimum absolute atomic E-state index is 0.139. The van der Waals surface area contributed by atoms with Crippen LogP contribution >= 0.6 is 0 Å². The quantitative estimate of drug-likeness (QED) is 0.416. The molecule has 5 nitrogen and oxygen atoms in total. The Morgan fingerprint density at radius 1 is 1.22 bits per heavy atom. The lowest BCUT2D eigenvalue weighted by atomic mass is 10.1. The van der Waals surface area contributed by atoms with Crippen LogP contribution in [-0.2, 0) is 0 Å². The third-order valence-corrected chi connectivity index (χ3v) is 4.42. The van der Waals surface area contributed by atoms with Crippen molar-refractivity contribution in [2.45, 2.75) is 32.2 Å². The van der Waals surface area contributed by atoms with Crippen LogP contribution in [0.2, 0.25) is 0 Å². The molecule has 2 aromatic carbocycles. The summed E-state index contributed by atoms with van der Waals surface area (Å²) in [6.07, 6.45) is 0.863. The van der Waals surface area contributed by atoms with Crippen LogP contribution in [0, 0.1) is 5.82 Å². The van der Waals surface area contributed by atoms with Gasteiger partial charge in [-0.15, -0.1) is 0 Å². The molecule has 0 radical (unpaired) electrons. The topological polar surface area (TPSA) is 62.1 Å². The first-order valence-corrected chi connectivity index (χ1v) is 8.99. The Morgan fingerprint density at radius 2 is 1.96 bits per heavy atom. The number of fused-ring (bicyclic) bond motifs is 1. The molecule has 1 aromatic heterocycles. The lowest BCUT2D eigenvalue weighted by Gasteiger charge is -2.29. The minimum Gasteiger partial charge on any atom is -0.384 e. The normalized spacial score (nSPS) is 14.9. The van der Waals surface area contributed by atoms with E-state index in [4.69, 9.17) is 0 Å². The van der Waals surface area contributed by atoms with Crippen LogP contribution in [-0.4, -0.2) is 39.9 Å². The number of halogens is 2. The lowest BCUT2D eigenvalue weighted by molar-refractivity contribution is -0.00579. The van der Waals surface area contributed by atoms with Crippen LogP contribution in [0.4, 0.5) is 14.5 Å². The van der Waals surface area contributed by atoms with E-state index in [1.54, 1.807) is 35.1 Å². The van der Waals surface area contributed by atoms with Crippen molar-refractivity contribution in [2.75, 3.05) is 18.4 Å². The zero-order chi connectivity index (χ0) is 19.4. The standard InChI is InChI=1S/C20H24F2N4O/c1-3-11-23-13-20(2,27)19(22)25-17-5-4-6-18-16(17)12-24-26(18)15-9-7-14(21)8-10-15/h4-10,12,19,23,25,27H,3,11,13H2,1-2H3. The molecule has 0 aliphatic rings. The Hall–Kier alpha value is -2.51. The number of aliphatic hydroxyl groups is 1. The van der Waals surface area contributed by atoms with Crippen LogP contribution in [0.5, 0.6) is 0 Å². The highest BCUT2D eigenvalue weighted by Gasteiger charge is 2.32. The molecule has 0 saturated carbocycles. The van der Waals surface area contributed by atoms with Gasteiger partial charge in [0, 0.05) is 17.6 Å². The third-order valence-electron chi connectivity index (χ3n) is 4.42. The molecule has 0 bridgehead atoms. The highest BCUT2D eigenvalue weighted by Crippen LogP contribution is 2.27. The minimum atomic E-state index is -1.67. The van der Waals surface area contributed by atoms with E-state index in [1.165, 1.54) is 19.1 Å². The number of benzene rings is 2. The van der Waals surface area contributed by atoms with Crippen LogP contribution in [0.25, 0.3) is 16.6 Å². The molecular formula is C20H24F2N4O. The molecule has 3 aromatic rings. The van der Waals surface area contributed by atoms with Crippen molar-refractivity contribution in [3.05, 3.63) is 54.5 Å². The van der Waals surface area contributed by atoms with Gasteiger partial charge >= 0.3 is 0 Å². The number of rotatable bonds is 8. The van der Waals surface area contributed by atoms with E-state index in [2.05, 4.69) is 15.7 Å². The molecular weight excluding hydrogens is 350 g/mol. The van der Waals surface area contributed by atoms with Gasteiger partial charge in [0.25, 0.3) is 0 Å². The fourth-order valence-electron chi connectivity index (χ4n) is 2.86. The first-order valence-electron chi connectivity index (χ1n) is 8.99. The molecule has 2 unspecified atom stereocenters. The monoisotopic (exact) mass is 374 g/mol. The molecule has 0 fully saturated rings. The molecule has 0 spiro atoms. The van der Waals surface area contributed by atoms with E-state index in [1.807, 2.05) is 13.0 Å². The highest BCUT2D eigenvalue weighted by atomic mass is 19.1. The highest BCUT2D eigenvalue weighted by molar-refractivity contribution is 5.92. The molecule has 144 valence electrons. The summed E-state index contributed by atoms with van der Waals surface area (Å²) in [5.74, 6) is -0.322. The van der Waals surface area contributed by atoms with Crippen LogP contribution in [0.15, 0.2) is 48.7 Å². The summed E-state index contributed by atoms with van der Waals surface area (Å²) in [5.41, 5.74) is 0.424. The van der Waals surface area contributed by atoms with E-state index in [0.29, 0.717) is 23.3 Å². The Labute approximate surface area is 157 Å². The number of anilines is 1. The predicted octanol–water partition coefficient (Wildman–Crippen LogP) is 3.62. The molecule has 3 N–H and O–H groups in total. The third kappa shape index (κ3) is 4.26. The van der Waals surface area contributed by atoms with Crippen LogP contribution in [0.1, 0.15) is 20.3 Å². The molecule has 27 heavy (non-hydrogen) atoms. The predicted molar refractivity (Wildman–Crippen MR) is 103 cm³/mol. The maximum absolute atomic E-state index is 14.7. The average molecular weight is 374 g/mol. The number of aromatic nitrogens is 2. The van der Waals surface area contributed by atoms with Gasteiger partial charge in [-0.2, -0.15) is 5.10 Å². The number of hydrogen-bond acceptors (Lipinski definition) is 4. The second-order valence-electron chi connectivity index (χ2n) is 6.81. The van der Waals surface area contributed by atoms with Crippen molar-refractivity contribution >= 4 is 16.6 Å². The van der Waals surface area contributed by atoms with E-state index in [0.717, 1.165) is 11.9 Å². The molecule has 0 saturated heterocycles. The Bertz CT molecular complexity index is 893. The van der Waals surface area contributed by atoms with Gasteiger partial charge in [-0.3, -0.25) is 0 Å². The summed E-state index contributed by atoms with van der Waals surface area (Å²) in [6.45, 7) is 4.31. The first kappa shape index (κ1) is 19.3. The van der Waals surface area contributed by atoms with Gasteiger partial charge < -0.3 is 15.7 Å². The van der Waals surface area contributed by atoms with E-state index >= 15 is 0 Å². The number of hydrogen-bond donors (Lipinski definition) is 3. The fourth-order valence-corrected chi connectivity index (χ4v) is 2.86. The molecule has 3 rings (SSSR count). The summed E-state index contributed by atoms with van der Waals surface area (Å²) < 4.78 is 29.5. The van der Waals surface area contributed by atoms with E-state index < -0.39 is 11.9 Å². The molecule has 7 heteroatoms. The summed E-state index contributed by atoms with van der Waals surface area (Å²) in [4.78, 5) is 0. The second kappa shape index (κ2) is 8.02. The maximum atomic E-state index is 14.7. The van der Waals surface area contributed by atoms with Crippen molar-refractivity contribution in [3.8, 4) is 5.69 Å². The van der Waals surface area contributed by atoms with E-state index in [-0.39, 0.29) is 12.4 Å². The fraction of sp³-hybridized carbons (Fsp3) is 0.350. The van der Waals surface area contributed by atoms with Gasteiger partial charge in [-0.25, -0.2) is 13.5 Å². The molecule has 0 aliphatic carbocycles. The van der Waals surface area contributed by atoms with Crippen molar-refractivity contribution in [1.82, 2.24) is 15.1 Å². The zero-order valence-corrected chi connectivity index (χ0v) is 15.4. The lowest BCUT2D eigenvalue weighted by Crippen LogP contribution is -2.49. The Balaban J connectivity index is 1.85. The van der Waals surface area contributed by atoms with Gasteiger partial charge in [0.2, 0.25) is 0 Å². The van der Waals surface area contributed by atoms with Crippen molar-refractivity contribution < 1.29 is 13.9 Å². The first-order chi connectivity index (χ1) is 12.9. The van der Waals surface area contributed by atoms with Crippen molar-refractivity contribution in [2.24, 2.45) is 0 Å².